The molecular formula is C45H56N4O5. The number of carbonyl (C=O) groups is 3. The summed E-state index contributed by atoms with van der Waals surface area (Å²) in [4.78, 5) is 45.3. The summed E-state index contributed by atoms with van der Waals surface area (Å²) in [5.41, 5.74) is 14.2. The van der Waals surface area contributed by atoms with E-state index in [0.29, 0.717) is 30.6 Å². The van der Waals surface area contributed by atoms with Gasteiger partial charge in [-0.2, -0.15) is 0 Å². The number of likely N-dealkylation sites (tertiary alicyclic amines) is 1. The summed E-state index contributed by atoms with van der Waals surface area (Å²) in [6.07, 6.45) is 12.2. The molecule has 2 aliphatic heterocycles. The molecule has 2 heterocycles. The highest BCUT2D eigenvalue weighted by Crippen LogP contribution is 2.56. The van der Waals surface area contributed by atoms with Crippen LogP contribution >= 0.6 is 0 Å². The maximum absolute atomic E-state index is 13.9. The van der Waals surface area contributed by atoms with E-state index in [4.69, 9.17) is 10.5 Å². The Morgan fingerprint density at radius 3 is 2.48 bits per heavy atom. The van der Waals surface area contributed by atoms with Gasteiger partial charge in [-0.1, -0.05) is 49.6 Å². The van der Waals surface area contributed by atoms with Gasteiger partial charge in [0.15, 0.2) is 0 Å². The Labute approximate surface area is 319 Å². The van der Waals surface area contributed by atoms with Crippen LogP contribution in [-0.4, -0.2) is 70.4 Å². The molecule has 9 heteroatoms. The fourth-order valence-electron chi connectivity index (χ4n) is 10.8. The molecule has 2 saturated carbocycles. The van der Waals surface area contributed by atoms with Gasteiger partial charge >= 0.3 is 5.97 Å². The monoisotopic (exact) mass is 732 g/mol. The molecular weight excluding hydrogens is 677 g/mol. The second-order valence-electron chi connectivity index (χ2n) is 17.0. The van der Waals surface area contributed by atoms with Crippen LogP contribution in [0.5, 0.6) is 11.5 Å². The molecule has 3 aromatic carbocycles. The van der Waals surface area contributed by atoms with Crippen LogP contribution in [-0.2, 0) is 45.6 Å². The number of ether oxygens (including phenoxy) is 1. The number of phenols is 1. The van der Waals surface area contributed by atoms with Crippen molar-refractivity contribution in [3.8, 4) is 11.5 Å². The van der Waals surface area contributed by atoms with E-state index in [-0.39, 0.29) is 48.5 Å². The van der Waals surface area contributed by atoms with E-state index in [2.05, 4.69) is 22.3 Å². The van der Waals surface area contributed by atoms with Gasteiger partial charge in [0.05, 0.1) is 12.5 Å². The summed E-state index contributed by atoms with van der Waals surface area (Å²) in [6, 6.07) is 16.5. The number of piperidine rings is 1. The second-order valence-corrected chi connectivity index (χ2v) is 17.0. The maximum atomic E-state index is 13.9. The molecule has 2 amide bonds. The maximum Gasteiger partial charge on any atom is 0.312 e. The Morgan fingerprint density at radius 1 is 0.944 bits per heavy atom. The van der Waals surface area contributed by atoms with Crippen LogP contribution in [0.15, 0.2) is 54.6 Å². The number of amides is 2. The molecule has 2 bridgehead atoms. The number of carbonyl (C=O) groups excluding carboxylic acids is 3. The van der Waals surface area contributed by atoms with E-state index in [9.17, 15) is 19.5 Å². The third kappa shape index (κ3) is 7.05. The number of benzene rings is 3. The van der Waals surface area contributed by atoms with Gasteiger partial charge in [-0.05, 0) is 140 Å². The molecule has 0 aromatic heterocycles. The van der Waals surface area contributed by atoms with Crippen LogP contribution in [0.3, 0.4) is 0 Å². The highest BCUT2D eigenvalue weighted by Gasteiger charge is 2.54. The first-order chi connectivity index (χ1) is 26.1. The lowest BCUT2D eigenvalue weighted by Crippen LogP contribution is -2.61. The first-order valence-corrected chi connectivity index (χ1v) is 20.4. The van der Waals surface area contributed by atoms with Gasteiger partial charge in [-0.25, -0.2) is 0 Å². The predicted octanol–water partition coefficient (Wildman–Crippen LogP) is 5.80. The van der Waals surface area contributed by atoms with E-state index in [1.807, 2.05) is 44.2 Å². The van der Waals surface area contributed by atoms with Crippen molar-refractivity contribution in [3.63, 3.8) is 0 Å². The minimum Gasteiger partial charge on any atom is -0.508 e. The molecule has 9 nitrogen and oxygen atoms in total. The number of phenolic OH excluding ortho intramolecular Hbond substituents is 1. The molecule has 0 unspecified atom stereocenters. The second kappa shape index (κ2) is 15.1. The fraction of sp³-hybridized carbons (Fsp3) is 0.533. The standard InChI is InChI=1S/C45H56N4O5/c1-28-20-34(50)21-29(2)36(28)25-39(46)44(53)49-27-33-11-4-3-10-31(33)22-41(49)43(52)47-18-15-42(51)54-35-14-13-32-23-40-37-12-5-6-16-45(37,38(32)24-35)17-19-48(40)26-30-8-7-9-30/h3-4,10-11,13-14,20-21,24,30,37,39-41,50H,5-9,12,15-19,22-23,25-27,46H2,1-2H3,(H,47,52)/t37-,39-,40+,41-,45-/m0/s1. The molecule has 0 spiro atoms. The molecule has 286 valence electrons. The summed E-state index contributed by atoms with van der Waals surface area (Å²) in [6.45, 7) is 6.59. The smallest absolute Gasteiger partial charge is 0.312 e. The summed E-state index contributed by atoms with van der Waals surface area (Å²) in [5.74, 6) is 1.30. The topological polar surface area (TPSA) is 125 Å². The average molecular weight is 733 g/mol. The summed E-state index contributed by atoms with van der Waals surface area (Å²) < 4.78 is 5.94. The van der Waals surface area contributed by atoms with E-state index < -0.39 is 12.1 Å². The van der Waals surface area contributed by atoms with Crippen LogP contribution in [0.1, 0.15) is 96.7 Å². The van der Waals surface area contributed by atoms with Gasteiger partial charge in [0.2, 0.25) is 11.8 Å². The molecule has 3 aliphatic carbocycles. The van der Waals surface area contributed by atoms with Crippen LogP contribution in [0.25, 0.3) is 0 Å². The third-order valence-electron chi connectivity index (χ3n) is 13.8. The Bertz CT molecular complexity index is 1900. The van der Waals surface area contributed by atoms with E-state index in [1.165, 1.54) is 75.6 Å². The first kappa shape index (κ1) is 36.8. The van der Waals surface area contributed by atoms with Gasteiger partial charge in [0.25, 0.3) is 0 Å². The van der Waals surface area contributed by atoms with Crippen molar-refractivity contribution < 1.29 is 24.2 Å². The van der Waals surface area contributed by atoms with Crippen LogP contribution in [0.2, 0.25) is 0 Å². The number of aromatic hydroxyl groups is 1. The average Bonchev–Trinajstić information content (AvgIpc) is 3.14. The Balaban J connectivity index is 0.908. The van der Waals surface area contributed by atoms with Crippen molar-refractivity contribution in [1.29, 1.82) is 0 Å². The Kier molecular flexibility index (Phi) is 10.3. The van der Waals surface area contributed by atoms with Crippen molar-refractivity contribution in [2.24, 2.45) is 17.6 Å². The Hall–Kier alpha value is -4.21. The lowest BCUT2D eigenvalue weighted by molar-refractivity contribution is -0.143. The zero-order valence-electron chi connectivity index (χ0n) is 31.9. The zero-order valence-corrected chi connectivity index (χ0v) is 31.9. The van der Waals surface area contributed by atoms with Crippen molar-refractivity contribution >= 4 is 17.8 Å². The van der Waals surface area contributed by atoms with Crippen LogP contribution in [0.4, 0.5) is 0 Å². The summed E-state index contributed by atoms with van der Waals surface area (Å²) in [5, 5.41) is 12.9. The van der Waals surface area contributed by atoms with Gasteiger partial charge in [-0.15, -0.1) is 0 Å². The summed E-state index contributed by atoms with van der Waals surface area (Å²) >= 11 is 0. The van der Waals surface area contributed by atoms with Gasteiger partial charge < -0.3 is 25.8 Å². The third-order valence-corrected chi connectivity index (χ3v) is 13.8. The highest BCUT2D eigenvalue weighted by molar-refractivity contribution is 5.91. The number of esters is 1. The van der Waals surface area contributed by atoms with Crippen molar-refractivity contribution in [3.05, 3.63) is 93.5 Å². The highest BCUT2D eigenvalue weighted by atomic mass is 16.5. The number of nitrogens with zero attached hydrogens (tertiary/aromatic N) is 2. The molecule has 5 aliphatic rings. The number of nitrogens with two attached hydrogens (primary N) is 1. The molecule has 3 fully saturated rings. The normalized spacial score (nSPS) is 25.4. The van der Waals surface area contributed by atoms with E-state index >= 15 is 0 Å². The first-order valence-electron chi connectivity index (χ1n) is 20.4. The van der Waals surface area contributed by atoms with Gasteiger partial charge in [0, 0.05) is 37.5 Å². The summed E-state index contributed by atoms with van der Waals surface area (Å²) in [7, 11) is 0. The van der Waals surface area contributed by atoms with Crippen LogP contribution < -0.4 is 15.8 Å². The lowest BCUT2D eigenvalue weighted by atomic mass is 9.52. The Morgan fingerprint density at radius 2 is 1.72 bits per heavy atom. The molecule has 1 saturated heterocycles. The van der Waals surface area contributed by atoms with Crippen molar-refractivity contribution in [2.75, 3.05) is 19.6 Å². The minimum atomic E-state index is -0.867. The number of aryl methyl sites for hydroxylation is 2. The molecule has 54 heavy (non-hydrogen) atoms. The quantitative estimate of drug-likeness (QED) is 0.178. The van der Waals surface area contributed by atoms with Gasteiger partial charge in [-0.3, -0.25) is 19.3 Å². The fourth-order valence-corrected chi connectivity index (χ4v) is 10.8. The van der Waals surface area contributed by atoms with Crippen LogP contribution in [0, 0.1) is 25.7 Å². The molecule has 0 radical (unpaired) electrons. The molecule has 8 rings (SSSR count). The van der Waals surface area contributed by atoms with Crippen molar-refractivity contribution in [1.82, 2.24) is 15.1 Å². The largest absolute Gasteiger partial charge is 0.508 e. The number of nitrogens with one attached hydrogen (secondary N) is 1. The SMILES string of the molecule is Cc1cc(O)cc(C)c1C[C@H](N)C(=O)N1Cc2ccccc2C[C@H]1C(=O)NCCC(=O)Oc1ccc2c(c1)[C@]13CCCC[C@H]1[C@@H](C2)N(CC1CCC1)CC3. The minimum absolute atomic E-state index is 0.0188. The lowest BCUT2D eigenvalue weighted by Gasteiger charge is -2.59. The molecule has 5 atom stereocenters. The molecule has 4 N–H and O–H groups in total. The predicted molar refractivity (Wildman–Crippen MR) is 208 cm³/mol. The van der Waals surface area contributed by atoms with Crippen molar-refractivity contribution in [2.45, 2.75) is 121 Å². The van der Waals surface area contributed by atoms with E-state index in [1.54, 1.807) is 17.0 Å². The number of rotatable bonds is 10. The number of hydrogen-bond acceptors (Lipinski definition) is 7. The number of hydrogen-bond donors (Lipinski definition) is 3. The van der Waals surface area contributed by atoms with E-state index in [0.717, 1.165) is 40.2 Å². The molecule has 3 aromatic rings. The van der Waals surface area contributed by atoms with Gasteiger partial charge in [0.1, 0.15) is 17.5 Å². The number of fused-ring (bicyclic) bond motifs is 2. The zero-order chi connectivity index (χ0) is 37.6.